The second-order valence-electron chi connectivity index (χ2n) is 6.91. The largest absolute Gasteiger partial charge is 0.438 e. The Morgan fingerprint density at radius 2 is 1.90 bits per heavy atom. The van der Waals surface area contributed by atoms with E-state index in [-0.39, 0.29) is 17.4 Å². The summed E-state index contributed by atoms with van der Waals surface area (Å²) < 4.78 is 58.8. The van der Waals surface area contributed by atoms with Crippen LogP contribution in [-0.2, 0) is 6.18 Å². The van der Waals surface area contributed by atoms with Gasteiger partial charge in [-0.2, -0.15) is 13.2 Å². The molecular formula is C21H17F4N3O3. The second-order valence-corrected chi connectivity index (χ2v) is 6.91. The summed E-state index contributed by atoms with van der Waals surface area (Å²) >= 11 is 0. The lowest BCUT2D eigenvalue weighted by molar-refractivity contribution is -0.137. The summed E-state index contributed by atoms with van der Waals surface area (Å²) in [6.45, 7) is 3.56. The molecule has 1 amide bonds. The Bertz CT molecular complexity index is 1170. The quantitative estimate of drug-likeness (QED) is 0.547. The van der Waals surface area contributed by atoms with Gasteiger partial charge in [0.1, 0.15) is 17.1 Å². The van der Waals surface area contributed by atoms with E-state index in [9.17, 15) is 27.2 Å². The highest BCUT2D eigenvalue weighted by Gasteiger charge is 2.33. The summed E-state index contributed by atoms with van der Waals surface area (Å²) in [5, 5.41) is 2.34. The molecule has 0 bridgehead atoms. The van der Waals surface area contributed by atoms with E-state index >= 15 is 0 Å². The van der Waals surface area contributed by atoms with Crippen molar-refractivity contribution < 1.29 is 27.1 Å². The van der Waals surface area contributed by atoms with Gasteiger partial charge in [0.2, 0.25) is 11.4 Å². The molecule has 2 heterocycles. The van der Waals surface area contributed by atoms with Gasteiger partial charge in [0.05, 0.1) is 5.56 Å². The molecule has 1 aromatic carbocycles. The first kappa shape index (κ1) is 22.0. The highest BCUT2D eigenvalue weighted by atomic mass is 19.4. The van der Waals surface area contributed by atoms with Gasteiger partial charge in [-0.15, -0.1) is 0 Å². The van der Waals surface area contributed by atoms with E-state index < -0.39 is 40.5 Å². The summed E-state index contributed by atoms with van der Waals surface area (Å²) in [5.74, 6) is -1.90. The minimum atomic E-state index is -4.75. The number of alkyl halides is 3. The van der Waals surface area contributed by atoms with Crippen molar-refractivity contribution in [3.63, 3.8) is 0 Å². The zero-order valence-corrected chi connectivity index (χ0v) is 16.4. The van der Waals surface area contributed by atoms with E-state index in [0.29, 0.717) is 17.8 Å². The van der Waals surface area contributed by atoms with Crippen LogP contribution in [0.15, 0.2) is 53.6 Å². The van der Waals surface area contributed by atoms with Crippen LogP contribution in [0.25, 0.3) is 0 Å². The molecule has 31 heavy (non-hydrogen) atoms. The Morgan fingerprint density at radius 1 is 1.16 bits per heavy atom. The Labute approximate surface area is 173 Å². The second kappa shape index (κ2) is 8.58. The van der Waals surface area contributed by atoms with Gasteiger partial charge >= 0.3 is 6.18 Å². The first-order chi connectivity index (χ1) is 14.5. The fraction of sp³-hybridized carbons (Fsp3) is 0.190. The molecule has 0 fully saturated rings. The maximum absolute atomic E-state index is 13.6. The maximum Gasteiger partial charge on any atom is 0.417 e. The summed E-state index contributed by atoms with van der Waals surface area (Å²) in [4.78, 5) is 30.2. The third-order valence-corrected chi connectivity index (χ3v) is 4.26. The lowest BCUT2D eigenvalue weighted by Crippen LogP contribution is -2.17. The summed E-state index contributed by atoms with van der Waals surface area (Å²) in [7, 11) is 0. The number of ether oxygens (including phenoxy) is 1. The molecule has 2 N–H and O–H groups in total. The number of anilines is 1. The minimum Gasteiger partial charge on any atom is -0.438 e. The Hall–Kier alpha value is -3.69. The number of nitrogens with one attached hydrogen (secondary N) is 2. The third-order valence-electron chi connectivity index (χ3n) is 4.26. The Kier molecular flexibility index (Phi) is 6.09. The van der Waals surface area contributed by atoms with E-state index in [1.807, 2.05) is 0 Å². The number of nitrogens with zero attached hydrogens (tertiary/aromatic N) is 1. The molecule has 2 aromatic heterocycles. The van der Waals surface area contributed by atoms with Crippen LogP contribution < -0.4 is 15.6 Å². The van der Waals surface area contributed by atoms with E-state index in [4.69, 9.17) is 4.74 Å². The summed E-state index contributed by atoms with van der Waals surface area (Å²) in [5.41, 5.74) is -1.65. The van der Waals surface area contributed by atoms with Crippen molar-refractivity contribution in [3.05, 3.63) is 81.7 Å². The van der Waals surface area contributed by atoms with E-state index in [0.717, 1.165) is 12.1 Å². The van der Waals surface area contributed by atoms with E-state index in [1.165, 1.54) is 24.4 Å². The van der Waals surface area contributed by atoms with Crippen LogP contribution in [0.3, 0.4) is 0 Å². The number of carbonyl (C=O) groups excluding carboxylic acids is 1. The predicted octanol–water partition coefficient (Wildman–Crippen LogP) is 5.10. The van der Waals surface area contributed by atoms with Crippen LogP contribution in [-0.4, -0.2) is 15.9 Å². The number of aromatic amines is 1. The number of pyridine rings is 2. The number of hydrogen-bond donors (Lipinski definition) is 2. The van der Waals surface area contributed by atoms with Gasteiger partial charge < -0.3 is 15.0 Å². The molecule has 3 rings (SSSR count). The van der Waals surface area contributed by atoms with Crippen molar-refractivity contribution in [2.24, 2.45) is 0 Å². The third kappa shape index (κ3) is 5.27. The first-order valence-corrected chi connectivity index (χ1v) is 9.09. The molecule has 6 nitrogen and oxygen atoms in total. The zero-order chi connectivity index (χ0) is 22.8. The lowest BCUT2D eigenvalue weighted by atomic mass is 10.0. The maximum atomic E-state index is 13.6. The molecule has 3 aromatic rings. The van der Waals surface area contributed by atoms with Gasteiger partial charge in [-0.25, -0.2) is 9.37 Å². The van der Waals surface area contributed by atoms with Crippen molar-refractivity contribution >= 4 is 11.6 Å². The van der Waals surface area contributed by atoms with Crippen LogP contribution in [0.4, 0.5) is 23.2 Å². The topological polar surface area (TPSA) is 84.1 Å². The fourth-order valence-corrected chi connectivity index (χ4v) is 2.74. The van der Waals surface area contributed by atoms with Crippen LogP contribution in [0.5, 0.6) is 11.6 Å². The van der Waals surface area contributed by atoms with Crippen molar-refractivity contribution in [1.29, 1.82) is 0 Å². The number of benzene rings is 1. The number of hydrogen-bond acceptors (Lipinski definition) is 4. The zero-order valence-electron chi connectivity index (χ0n) is 16.4. The molecule has 0 aliphatic carbocycles. The molecule has 0 spiro atoms. The number of amides is 1. The van der Waals surface area contributed by atoms with Gasteiger partial charge in [0, 0.05) is 29.7 Å². The van der Waals surface area contributed by atoms with Crippen molar-refractivity contribution in [1.82, 2.24) is 9.97 Å². The molecule has 0 saturated carbocycles. The van der Waals surface area contributed by atoms with Crippen LogP contribution in [0.2, 0.25) is 0 Å². The Balaban J connectivity index is 2.04. The average molecular weight is 435 g/mol. The molecule has 0 aliphatic heterocycles. The van der Waals surface area contributed by atoms with E-state index in [1.54, 1.807) is 13.8 Å². The molecule has 10 heteroatoms. The first-order valence-electron chi connectivity index (χ1n) is 9.09. The smallest absolute Gasteiger partial charge is 0.417 e. The molecule has 0 saturated heterocycles. The van der Waals surface area contributed by atoms with Gasteiger partial charge in [0.15, 0.2) is 0 Å². The molecule has 0 radical (unpaired) electrons. The monoisotopic (exact) mass is 435 g/mol. The number of carbonyl (C=O) groups is 1. The van der Waals surface area contributed by atoms with Gasteiger partial charge in [-0.1, -0.05) is 13.8 Å². The Morgan fingerprint density at radius 3 is 2.55 bits per heavy atom. The molecule has 0 atom stereocenters. The summed E-state index contributed by atoms with van der Waals surface area (Å²) in [6, 6.07) is 6.70. The standard InChI is InChI=1S/C21H17F4N3O3/c1-11(2)15-8-13(22)3-4-17(15)31-20-16(7-12(10-27-20)21(23,24)25)19(30)28-14-5-6-26-18(29)9-14/h3-11H,1-2H3,(H2,26,28,29,30). The van der Waals surface area contributed by atoms with Gasteiger partial charge in [-0.3, -0.25) is 9.59 Å². The van der Waals surface area contributed by atoms with E-state index in [2.05, 4.69) is 15.3 Å². The highest BCUT2D eigenvalue weighted by molar-refractivity contribution is 6.06. The number of rotatable bonds is 5. The number of H-pyrrole nitrogens is 1. The minimum absolute atomic E-state index is 0.0711. The van der Waals surface area contributed by atoms with Crippen LogP contribution in [0.1, 0.15) is 41.3 Å². The lowest BCUT2D eigenvalue weighted by Gasteiger charge is -2.16. The number of aromatic nitrogens is 2. The summed E-state index contributed by atoms with van der Waals surface area (Å²) in [6.07, 6.45) is -2.94. The normalized spacial score (nSPS) is 11.5. The highest BCUT2D eigenvalue weighted by Crippen LogP contribution is 2.35. The van der Waals surface area contributed by atoms with Crippen molar-refractivity contribution in [2.75, 3.05) is 5.32 Å². The predicted molar refractivity (Wildman–Crippen MR) is 105 cm³/mol. The molecular weight excluding hydrogens is 418 g/mol. The van der Waals surface area contributed by atoms with Gasteiger partial charge in [-0.05, 0) is 36.2 Å². The molecule has 0 unspecified atom stereocenters. The van der Waals surface area contributed by atoms with Crippen LogP contribution in [0, 0.1) is 5.82 Å². The SMILES string of the molecule is CC(C)c1cc(F)ccc1Oc1ncc(C(F)(F)F)cc1C(=O)Nc1cc[nH]c(=O)c1. The van der Waals surface area contributed by atoms with Crippen molar-refractivity contribution in [3.8, 4) is 11.6 Å². The van der Waals surface area contributed by atoms with Crippen LogP contribution >= 0.6 is 0 Å². The molecule has 162 valence electrons. The van der Waals surface area contributed by atoms with Crippen molar-refractivity contribution in [2.45, 2.75) is 25.9 Å². The number of halogens is 4. The van der Waals surface area contributed by atoms with Gasteiger partial charge in [0.25, 0.3) is 5.91 Å². The average Bonchev–Trinajstić information content (AvgIpc) is 2.68. The molecule has 0 aliphatic rings. The fourth-order valence-electron chi connectivity index (χ4n) is 2.74.